The second-order valence-corrected chi connectivity index (χ2v) is 4.59. The highest BCUT2D eigenvalue weighted by Gasteiger charge is 2.29. The number of nitrogens with two attached hydrogens (primary N) is 2. The van der Waals surface area contributed by atoms with Gasteiger partial charge in [-0.25, -0.2) is 0 Å². The number of nitrogens with zero attached hydrogens (tertiary/aromatic N) is 2. The Balaban J connectivity index is 3.19. The van der Waals surface area contributed by atoms with Gasteiger partial charge in [-0.3, -0.25) is 29.4 Å². The van der Waals surface area contributed by atoms with Crippen molar-refractivity contribution in [3.05, 3.63) is 34.4 Å². The van der Waals surface area contributed by atoms with Crippen LogP contribution in [0.4, 0.5) is 11.4 Å². The van der Waals surface area contributed by atoms with Crippen LogP contribution in [0.15, 0.2) is 24.3 Å². The van der Waals surface area contributed by atoms with E-state index in [-0.39, 0.29) is 24.2 Å². The van der Waals surface area contributed by atoms with Crippen molar-refractivity contribution in [1.29, 1.82) is 0 Å². The molecule has 1 aromatic carbocycles. The van der Waals surface area contributed by atoms with E-state index >= 15 is 0 Å². The Kier molecular flexibility index (Phi) is 6.15. The summed E-state index contributed by atoms with van der Waals surface area (Å²) >= 11 is 0. The fourth-order valence-electron chi connectivity index (χ4n) is 1.99. The number of non-ortho nitro benzene ring substituents is 1. The number of carboxylic acids is 1. The molecular formula is C13H16N4O6. The smallest absolute Gasteiger partial charge is 0.303 e. The van der Waals surface area contributed by atoms with Gasteiger partial charge in [0.2, 0.25) is 11.8 Å². The van der Waals surface area contributed by atoms with Crippen molar-refractivity contribution in [2.75, 3.05) is 11.4 Å². The van der Waals surface area contributed by atoms with Crippen LogP contribution in [0.2, 0.25) is 0 Å². The molecule has 1 rings (SSSR count). The molecule has 1 aromatic rings. The minimum absolute atomic E-state index is 0.167. The van der Waals surface area contributed by atoms with Crippen LogP contribution in [0.25, 0.3) is 0 Å². The minimum atomic E-state index is -1.22. The third kappa shape index (κ3) is 4.74. The molecule has 0 aliphatic carbocycles. The molecule has 0 saturated carbocycles. The Labute approximate surface area is 130 Å². The summed E-state index contributed by atoms with van der Waals surface area (Å²) in [5.41, 5.74) is 10.5. The molecule has 1 atom stereocenters. The van der Waals surface area contributed by atoms with E-state index in [0.29, 0.717) is 0 Å². The van der Waals surface area contributed by atoms with Crippen LogP contribution in [0.5, 0.6) is 0 Å². The highest BCUT2D eigenvalue weighted by molar-refractivity contribution is 6.01. The van der Waals surface area contributed by atoms with Crippen molar-refractivity contribution in [3.63, 3.8) is 0 Å². The number of hydrogen-bond donors (Lipinski definition) is 3. The summed E-state index contributed by atoms with van der Waals surface area (Å²) in [6, 6.07) is 3.62. The Hall–Kier alpha value is -3.01. The topological polar surface area (TPSA) is 170 Å². The largest absolute Gasteiger partial charge is 0.481 e. The van der Waals surface area contributed by atoms with E-state index < -0.39 is 35.3 Å². The van der Waals surface area contributed by atoms with Crippen LogP contribution in [0.1, 0.15) is 12.8 Å². The Morgan fingerprint density at radius 3 is 2.22 bits per heavy atom. The van der Waals surface area contributed by atoms with Crippen molar-refractivity contribution in [2.24, 2.45) is 11.5 Å². The summed E-state index contributed by atoms with van der Waals surface area (Å²) < 4.78 is 0. The maximum absolute atomic E-state index is 12.0. The van der Waals surface area contributed by atoms with Gasteiger partial charge in [0, 0.05) is 24.2 Å². The number of carbonyl (C=O) groups is 3. The molecule has 0 unspecified atom stereocenters. The molecule has 10 heteroatoms. The van der Waals surface area contributed by atoms with E-state index in [9.17, 15) is 24.5 Å². The van der Waals surface area contributed by atoms with E-state index in [1.807, 2.05) is 0 Å². The SMILES string of the molecule is NCC(=O)N(c1ccc([N+](=O)[O-])cc1)[C@@H](CCC(=O)O)C(N)=O. The van der Waals surface area contributed by atoms with Gasteiger partial charge in [-0.1, -0.05) is 0 Å². The lowest BCUT2D eigenvalue weighted by Crippen LogP contribution is -2.50. The van der Waals surface area contributed by atoms with Gasteiger partial charge in [-0.15, -0.1) is 0 Å². The predicted molar refractivity (Wildman–Crippen MR) is 79.5 cm³/mol. The van der Waals surface area contributed by atoms with Crippen LogP contribution in [-0.4, -0.2) is 40.4 Å². The zero-order valence-corrected chi connectivity index (χ0v) is 12.0. The molecule has 10 nitrogen and oxygen atoms in total. The number of carbonyl (C=O) groups excluding carboxylic acids is 2. The molecule has 23 heavy (non-hydrogen) atoms. The first-order chi connectivity index (χ1) is 10.8. The minimum Gasteiger partial charge on any atom is -0.481 e. The number of nitro groups is 1. The van der Waals surface area contributed by atoms with Gasteiger partial charge in [0.1, 0.15) is 6.04 Å². The number of rotatable bonds is 8. The molecule has 0 aliphatic heterocycles. The lowest BCUT2D eigenvalue weighted by atomic mass is 10.1. The van der Waals surface area contributed by atoms with Crippen LogP contribution in [0, 0.1) is 10.1 Å². The molecule has 5 N–H and O–H groups in total. The van der Waals surface area contributed by atoms with Crippen molar-refractivity contribution in [3.8, 4) is 0 Å². The average Bonchev–Trinajstić information content (AvgIpc) is 2.50. The second-order valence-electron chi connectivity index (χ2n) is 4.59. The first kappa shape index (κ1) is 18.0. The molecule has 2 amide bonds. The molecule has 0 saturated heterocycles. The quantitative estimate of drug-likeness (QED) is 0.431. The van der Waals surface area contributed by atoms with E-state index in [1.165, 1.54) is 12.1 Å². The molecule has 0 bridgehead atoms. The zero-order chi connectivity index (χ0) is 17.6. The molecular weight excluding hydrogens is 308 g/mol. The summed E-state index contributed by atoms with van der Waals surface area (Å²) in [6.45, 7) is -0.437. The van der Waals surface area contributed by atoms with E-state index in [0.717, 1.165) is 17.0 Å². The van der Waals surface area contributed by atoms with E-state index in [4.69, 9.17) is 16.6 Å². The third-order valence-electron chi connectivity index (χ3n) is 3.05. The summed E-state index contributed by atoms with van der Waals surface area (Å²) in [5, 5.41) is 19.4. The summed E-state index contributed by atoms with van der Waals surface area (Å²) in [5.74, 6) is -2.71. The standard InChI is InChI=1S/C13H16N4O6/c14-7-11(18)16(10(13(15)21)5-6-12(19)20)8-1-3-9(4-2-8)17(22)23/h1-4,10H,5-7,14H2,(H2,15,21)(H,19,20)/t10-/m0/s1. The molecule has 0 spiro atoms. The lowest BCUT2D eigenvalue weighted by molar-refractivity contribution is -0.384. The van der Waals surface area contributed by atoms with E-state index in [1.54, 1.807) is 0 Å². The number of amides is 2. The Morgan fingerprint density at radius 2 is 1.83 bits per heavy atom. The monoisotopic (exact) mass is 324 g/mol. The van der Waals surface area contributed by atoms with Crippen LogP contribution in [-0.2, 0) is 14.4 Å². The lowest BCUT2D eigenvalue weighted by Gasteiger charge is -2.29. The molecule has 0 radical (unpaired) electrons. The molecule has 0 aliphatic rings. The normalized spacial score (nSPS) is 11.5. The summed E-state index contributed by atoms with van der Waals surface area (Å²) in [6.07, 6.45) is -0.581. The van der Waals surface area contributed by atoms with E-state index in [2.05, 4.69) is 0 Å². The van der Waals surface area contributed by atoms with Gasteiger partial charge >= 0.3 is 5.97 Å². The zero-order valence-electron chi connectivity index (χ0n) is 12.0. The third-order valence-corrected chi connectivity index (χ3v) is 3.05. The number of benzene rings is 1. The number of carboxylic acid groups (broad SMARTS) is 1. The van der Waals surface area contributed by atoms with Gasteiger partial charge in [-0.05, 0) is 18.6 Å². The van der Waals surface area contributed by atoms with Gasteiger partial charge in [0.25, 0.3) is 5.69 Å². The highest BCUT2D eigenvalue weighted by Crippen LogP contribution is 2.23. The first-order valence-electron chi connectivity index (χ1n) is 6.55. The molecule has 124 valence electrons. The summed E-state index contributed by atoms with van der Waals surface area (Å²) in [4.78, 5) is 45.3. The molecule has 0 aromatic heterocycles. The second kappa shape index (κ2) is 7.84. The first-order valence-corrected chi connectivity index (χ1v) is 6.55. The van der Waals surface area contributed by atoms with Gasteiger partial charge in [0.05, 0.1) is 11.5 Å². The fourth-order valence-corrected chi connectivity index (χ4v) is 1.99. The van der Waals surface area contributed by atoms with Crippen molar-refractivity contribution in [1.82, 2.24) is 0 Å². The number of hydrogen-bond acceptors (Lipinski definition) is 6. The van der Waals surface area contributed by atoms with Gasteiger partial charge in [0.15, 0.2) is 0 Å². The fraction of sp³-hybridized carbons (Fsp3) is 0.308. The number of aliphatic carboxylic acids is 1. The van der Waals surface area contributed by atoms with Gasteiger partial charge < -0.3 is 16.6 Å². The predicted octanol–water partition coefficient (Wildman–Crippen LogP) is -0.395. The molecule has 0 fully saturated rings. The van der Waals surface area contributed by atoms with Crippen molar-refractivity contribution in [2.45, 2.75) is 18.9 Å². The summed E-state index contributed by atoms with van der Waals surface area (Å²) in [7, 11) is 0. The maximum Gasteiger partial charge on any atom is 0.303 e. The highest BCUT2D eigenvalue weighted by atomic mass is 16.6. The number of primary amides is 1. The van der Waals surface area contributed by atoms with Crippen molar-refractivity contribution >= 4 is 29.2 Å². The van der Waals surface area contributed by atoms with Crippen LogP contribution in [0.3, 0.4) is 0 Å². The average molecular weight is 324 g/mol. The molecule has 0 heterocycles. The number of nitro benzene ring substituents is 1. The Morgan fingerprint density at radius 1 is 1.26 bits per heavy atom. The Bertz CT molecular complexity index is 615. The van der Waals surface area contributed by atoms with Crippen molar-refractivity contribution < 1.29 is 24.4 Å². The van der Waals surface area contributed by atoms with Crippen LogP contribution < -0.4 is 16.4 Å². The number of anilines is 1. The van der Waals surface area contributed by atoms with Gasteiger partial charge in [-0.2, -0.15) is 0 Å². The van der Waals surface area contributed by atoms with Crippen LogP contribution >= 0.6 is 0 Å². The maximum atomic E-state index is 12.0.